The highest BCUT2D eigenvalue weighted by Gasteiger charge is 2.11. The third-order valence-electron chi connectivity index (χ3n) is 2.20. The zero-order valence-corrected chi connectivity index (χ0v) is 11.5. The van der Waals surface area contributed by atoms with Crippen LogP contribution >= 0.6 is 15.9 Å². The Morgan fingerprint density at radius 2 is 2.06 bits per heavy atom. The van der Waals surface area contributed by atoms with Crippen LogP contribution in [0.2, 0.25) is 0 Å². The highest BCUT2D eigenvalue weighted by molar-refractivity contribution is 9.10. The van der Waals surface area contributed by atoms with Gasteiger partial charge in [0.25, 0.3) is 0 Å². The average molecular weight is 288 g/mol. The smallest absolute Gasteiger partial charge is 0.125 e. The second kappa shape index (κ2) is 6.23. The summed E-state index contributed by atoms with van der Waals surface area (Å²) in [4.78, 5) is 0. The van der Waals surface area contributed by atoms with E-state index in [4.69, 9.17) is 15.2 Å². The van der Waals surface area contributed by atoms with Gasteiger partial charge in [0.1, 0.15) is 11.9 Å². The fraction of sp³-hybridized carbons (Fsp3) is 0.500. The van der Waals surface area contributed by atoms with Crippen LogP contribution < -0.4 is 10.5 Å². The van der Waals surface area contributed by atoms with Gasteiger partial charge in [-0.1, -0.05) is 22.0 Å². The van der Waals surface area contributed by atoms with Crippen molar-refractivity contribution in [3.05, 3.63) is 28.2 Å². The van der Waals surface area contributed by atoms with Crippen LogP contribution in [-0.2, 0) is 4.74 Å². The third kappa shape index (κ3) is 3.77. The normalized spacial score (nSPS) is 14.6. The Bertz CT molecular complexity index is 342. The second-order valence-corrected chi connectivity index (χ2v) is 4.77. The topological polar surface area (TPSA) is 44.5 Å². The van der Waals surface area contributed by atoms with Crippen LogP contribution in [0.1, 0.15) is 25.5 Å². The van der Waals surface area contributed by atoms with E-state index in [1.165, 1.54) is 0 Å². The maximum atomic E-state index is 5.89. The molecule has 0 aromatic heterocycles. The van der Waals surface area contributed by atoms with Gasteiger partial charge >= 0.3 is 0 Å². The summed E-state index contributed by atoms with van der Waals surface area (Å²) in [7, 11) is 1.66. The molecule has 0 aliphatic heterocycles. The molecule has 4 heteroatoms. The van der Waals surface area contributed by atoms with Crippen molar-refractivity contribution in [1.82, 2.24) is 0 Å². The molecule has 1 aromatic carbocycles. The Kier molecular flexibility index (Phi) is 5.25. The average Bonchev–Trinajstić information content (AvgIpc) is 2.17. The zero-order valence-electron chi connectivity index (χ0n) is 9.87. The van der Waals surface area contributed by atoms with Gasteiger partial charge in [0, 0.05) is 23.2 Å². The largest absolute Gasteiger partial charge is 0.488 e. The van der Waals surface area contributed by atoms with Crippen molar-refractivity contribution < 1.29 is 9.47 Å². The highest BCUT2D eigenvalue weighted by Crippen LogP contribution is 2.28. The summed E-state index contributed by atoms with van der Waals surface area (Å²) < 4.78 is 11.8. The molecule has 0 bridgehead atoms. The van der Waals surface area contributed by atoms with E-state index in [-0.39, 0.29) is 12.1 Å². The Labute approximate surface area is 105 Å². The quantitative estimate of drug-likeness (QED) is 0.906. The maximum Gasteiger partial charge on any atom is 0.125 e. The number of methoxy groups -OCH3 is 1. The predicted molar refractivity (Wildman–Crippen MR) is 68.7 cm³/mol. The van der Waals surface area contributed by atoms with E-state index in [0.717, 1.165) is 15.8 Å². The van der Waals surface area contributed by atoms with Gasteiger partial charge in [0.2, 0.25) is 0 Å². The molecule has 90 valence electrons. The van der Waals surface area contributed by atoms with Crippen LogP contribution in [0.15, 0.2) is 22.7 Å². The van der Waals surface area contributed by atoms with E-state index in [0.29, 0.717) is 6.61 Å². The second-order valence-electron chi connectivity index (χ2n) is 3.85. The minimum absolute atomic E-state index is 0.0109. The van der Waals surface area contributed by atoms with Gasteiger partial charge in [0.15, 0.2) is 0 Å². The Morgan fingerprint density at radius 1 is 1.38 bits per heavy atom. The van der Waals surface area contributed by atoms with Gasteiger partial charge in [-0.05, 0) is 26.0 Å². The molecule has 2 atom stereocenters. The summed E-state index contributed by atoms with van der Waals surface area (Å²) in [6.07, 6.45) is 0.0109. The van der Waals surface area contributed by atoms with Crippen LogP contribution in [0, 0.1) is 0 Å². The van der Waals surface area contributed by atoms with Gasteiger partial charge in [0.05, 0.1) is 6.61 Å². The molecular formula is C12H18BrNO2. The molecule has 2 unspecified atom stereocenters. The van der Waals surface area contributed by atoms with Crippen molar-refractivity contribution in [2.24, 2.45) is 5.73 Å². The van der Waals surface area contributed by atoms with E-state index >= 15 is 0 Å². The van der Waals surface area contributed by atoms with Crippen LogP contribution in [0.5, 0.6) is 5.75 Å². The lowest BCUT2D eigenvalue weighted by Gasteiger charge is -2.18. The van der Waals surface area contributed by atoms with Gasteiger partial charge < -0.3 is 15.2 Å². The molecule has 2 N–H and O–H groups in total. The van der Waals surface area contributed by atoms with Gasteiger partial charge in [-0.2, -0.15) is 0 Å². The molecule has 0 aliphatic carbocycles. The summed E-state index contributed by atoms with van der Waals surface area (Å²) >= 11 is 3.42. The van der Waals surface area contributed by atoms with Crippen LogP contribution in [-0.4, -0.2) is 19.8 Å². The molecule has 1 aromatic rings. The monoisotopic (exact) mass is 287 g/mol. The van der Waals surface area contributed by atoms with E-state index in [1.807, 2.05) is 32.0 Å². The van der Waals surface area contributed by atoms with E-state index in [9.17, 15) is 0 Å². The molecular weight excluding hydrogens is 270 g/mol. The standard InChI is InChI=1S/C12H18BrNO2/c1-8(7-15-3)16-12-6-10(13)4-5-11(12)9(2)14/h4-6,8-9H,7,14H2,1-3H3. The first-order valence-corrected chi connectivity index (χ1v) is 6.04. The summed E-state index contributed by atoms with van der Waals surface area (Å²) in [6, 6.07) is 5.83. The minimum atomic E-state index is -0.0437. The Morgan fingerprint density at radius 3 is 2.62 bits per heavy atom. The van der Waals surface area contributed by atoms with Crippen molar-refractivity contribution in [2.75, 3.05) is 13.7 Å². The molecule has 0 saturated heterocycles. The van der Waals surface area contributed by atoms with Gasteiger partial charge in [-0.15, -0.1) is 0 Å². The van der Waals surface area contributed by atoms with Gasteiger partial charge in [-0.3, -0.25) is 0 Å². The maximum absolute atomic E-state index is 5.89. The SMILES string of the molecule is COCC(C)Oc1cc(Br)ccc1C(C)N. The van der Waals surface area contributed by atoms with Crippen LogP contribution in [0.25, 0.3) is 0 Å². The number of halogens is 1. The highest BCUT2D eigenvalue weighted by atomic mass is 79.9. The molecule has 0 saturated carbocycles. The fourth-order valence-corrected chi connectivity index (χ4v) is 1.81. The molecule has 0 spiro atoms. The lowest BCUT2D eigenvalue weighted by Crippen LogP contribution is -2.19. The molecule has 0 heterocycles. The third-order valence-corrected chi connectivity index (χ3v) is 2.69. The number of benzene rings is 1. The van der Waals surface area contributed by atoms with Crippen molar-refractivity contribution in [3.8, 4) is 5.75 Å². The molecule has 0 fully saturated rings. The fourth-order valence-electron chi connectivity index (χ4n) is 1.47. The zero-order chi connectivity index (χ0) is 12.1. The summed E-state index contributed by atoms with van der Waals surface area (Å²) in [6.45, 7) is 4.47. The first-order valence-electron chi connectivity index (χ1n) is 5.25. The Balaban J connectivity index is 2.87. The first kappa shape index (κ1) is 13.5. The van der Waals surface area contributed by atoms with E-state index < -0.39 is 0 Å². The molecule has 16 heavy (non-hydrogen) atoms. The van der Waals surface area contributed by atoms with Crippen molar-refractivity contribution in [1.29, 1.82) is 0 Å². The summed E-state index contributed by atoms with van der Waals surface area (Å²) in [5, 5.41) is 0. The minimum Gasteiger partial charge on any atom is -0.488 e. The first-order chi connectivity index (χ1) is 7.54. The summed E-state index contributed by atoms with van der Waals surface area (Å²) in [5.74, 6) is 0.814. The van der Waals surface area contributed by atoms with Crippen LogP contribution in [0.3, 0.4) is 0 Å². The molecule has 0 radical (unpaired) electrons. The van der Waals surface area contributed by atoms with Crippen LogP contribution in [0.4, 0.5) is 0 Å². The summed E-state index contributed by atoms with van der Waals surface area (Å²) in [5.41, 5.74) is 6.89. The van der Waals surface area contributed by atoms with Crippen molar-refractivity contribution in [3.63, 3.8) is 0 Å². The number of rotatable bonds is 5. The van der Waals surface area contributed by atoms with Crippen molar-refractivity contribution >= 4 is 15.9 Å². The molecule has 1 rings (SSSR count). The Hall–Kier alpha value is -0.580. The van der Waals surface area contributed by atoms with E-state index in [2.05, 4.69) is 15.9 Å². The molecule has 3 nitrogen and oxygen atoms in total. The lowest BCUT2D eigenvalue weighted by atomic mass is 10.1. The number of nitrogens with two attached hydrogens (primary N) is 1. The lowest BCUT2D eigenvalue weighted by molar-refractivity contribution is 0.0912. The molecule has 0 amide bonds. The number of ether oxygens (including phenoxy) is 2. The predicted octanol–water partition coefficient (Wildman–Crippen LogP) is 2.88. The van der Waals surface area contributed by atoms with Crippen molar-refractivity contribution in [2.45, 2.75) is 26.0 Å². The number of hydrogen-bond donors (Lipinski definition) is 1. The number of hydrogen-bond acceptors (Lipinski definition) is 3. The van der Waals surface area contributed by atoms with E-state index in [1.54, 1.807) is 7.11 Å². The van der Waals surface area contributed by atoms with Gasteiger partial charge in [-0.25, -0.2) is 0 Å². The molecule has 0 aliphatic rings.